The number of ether oxygens (including phenoxy) is 1. The topological polar surface area (TPSA) is 41.6 Å². The molecule has 132 valence electrons. The molecule has 1 fully saturated rings. The molecular weight excluding hydrogens is 341 g/mol. The molecule has 1 saturated heterocycles. The van der Waals surface area contributed by atoms with E-state index in [1.54, 1.807) is 45.0 Å². The first-order valence-corrected chi connectivity index (χ1v) is 8.46. The fourth-order valence-corrected chi connectivity index (χ4v) is 4.48. The number of hydrogen-bond donors (Lipinski definition) is 1. The minimum Gasteiger partial charge on any atom is -0.444 e. The van der Waals surface area contributed by atoms with Crippen LogP contribution in [-0.2, 0) is 9.48 Å². The zero-order chi connectivity index (χ0) is 17.8. The number of carbonyl (C=O) groups excluding carboxylic acids is 1. The molecule has 0 spiro atoms. The molecule has 3 rings (SSSR count). The van der Waals surface area contributed by atoms with E-state index in [0.29, 0.717) is 11.3 Å². The van der Waals surface area contributed by atoms with E-state index in [0.717, 1.165) is 0 Å². The van der Waals surface area contributed by atoms with E-state index in [1.165, 1.54) is 4.90 Å². The maximum Gasteiger partial charge on any atom is 0.442 e. The number of anilines is 1. The van der Waals surface area contributed by atoms with Crippen LogP contribution in [0.3, 0.4) is 0 Å². The van der Waals surface area contributed by atoms with Crippen molar-refractivity contribution < 1.29 is 22.7 Å². The summed E-state index contributed by atoms with van der Waals surface area (Å²) in [5.41, 5.74) is -3.89. The molecule has 0 aromatic heterocycles. The molecule has 0 unspecified atom stereocenters. The Bertz CT molecular complexity index is 659. The molecule has 4 nitrogen and oxygen atoms in total. The van der Waals surface area contributed by atoms with Gasteiger partial charge in [-0.05, 0) is 50.6 Å². The number of nitrogens with zero attached hydrogens (tertiary/aromatic N) is 1. The summed E-state index contributed by atoms with van der Waals surface area (Å²) in [6.45, 7) is 5.41. The molecule has 1 amide bonds. The van der Waals surface area contributed by atoms with E-state index in [1.807, 2.05) is 0 Å². The average molecular weight is 360 g/mol. The molecule has 1 aromatic rings. The third-order valence-corrected chi connectivity index (χ3v) is 5.32. The van der Waals surface area contributed by atoms with E-state index in [4.69, 9.17) is 4.74 Å². The molecule has 24 heavy (non-hydrogen) atoms. The van der Waals surface area contributed by atoms with Crippen LogP contribution >= 0.6 is 11.8 Å². The van der Waals surface area contributed by atoms with Gasteiger partial charge < -0.3 is 10.1 Å². The smallest absolute Gasteiger partial charge is 0.442 e. The maximum absolute atomic E-state index is 13.2. The van der Waals surface area contributed by atoms with E-state index in [2.05, 4.69) is 5.32 Å². The number of hydrogen-bond acceptors (Lipinski definition) is 4. The van der Waals surface area contributed by atoms with Gasteiger partial charge in [-0.25, -0.2) is 4.79 Å². The highest BCUT2D eigenvalue weighted by Gasteiger charge is 2.60. The van der Waals surface area contributed by atoms with Crippen LogP contribution in [0.1, 0.15) is 32.8 Å². The summed E-state index contributed by atoms with van der Waals surface area (Å²) in [7, 11) is 0. The largest absolute Gasteiger partial charge is 0.444 e. The Balaban J connectivity index is 1.96. The Morgan fingerprint density at radius 3 is 2.62 bits per heavy atom. The number of rotatable bonds is 1. The van der Waals surface area contributed by atoms with Gasteiger partial charge in [-0.3, -0.25) is 4.90 Å². The Labute approximate surface area is 142 Å². The SMILES string of the molecule is CC(C)(C)OC(=O)N1CC[C@@]2(SC(F)(F)F)c3ccccc3N[C@@H]12. The van der Waals surface area contributed by atoms with Crippen molar-refractivity contribution in [2.75, 3.05) is 11.9 Å². The molecule has 8 heteroatoms. The van der Waals surface area contributed by atoms with E-state index in [9.17, 15) is 18.0 Å². The van der Waals surface area contributed by atoms with Crippen molar-refractivity contribution in [1.82, 2.24) is 4.90 Å². The van der Waals surface area contributed by atoms with E-state index < -0.39 is 28.1 Å². The lowest BCUT2D eigenvalue weighted by Crippen LogP contribution is -2.47. The predicted octanol–water partition coefficient (Wildman–Crippen LogP) is 4.53. The fourth-order valence-electron chi connectivity index (χ4n) is 3.29. The summed E-state index contributed by atoms with van der Waals surface area (Å²) in [4.78, 5) is 13.8. The van der Waals surface area contributed by atoms with Gasteiger partial charge in [0.2, 0.25) is 0 Å². The van der Waals surface area contributed by atoms with Crippen LogP contribution in [0.2, 0.25) is 0 Å². The first-order valence-electron chi connectivity index (χ1n) is 7.64. The highest BCUT2D eigenvalue weighted by Crippen LogP contribution is 2.59. The van der Waals surface area contributed by atoms with Crippen molar-refractivity contribution >= 4 is 23.5 Å². The molecule has 2 heterocycles. The Morgan fingerprint density at radius 2 is 2.00 bits per heavy atom. The lowest BCUT2D eigenvalue weighted by Gasteiger charge is -2.33. The van der Waals surface area contributed by atoms with Gasteiger partial charge >= 0.3 is 11.6 Å². The second kappa shape index (κ2) is 5.47. The number of para-hydroxylation sites is 1. The minimum atomic E-state index is -4.40. The number of carbonyl (C=O) groups is 1. The number of halogens is 3. The van der Waals surface area contributed by atoms with Gasteiger partial charge in [0, 0.05) is 12.2 Å². The van der Waals surface area contributed by atoms with Crippen molar-refractivity contribution in [3.8, 4) is 0 Å². The molecule has 1 N–H and O–H groups in total. The molecule has 2 aliphatic heterocycles. The number of amides is 1. The molecule has 2 atom stereocenters. The van der Waals surface area contributed by atoms with Gasteiger partial charge in [-0.1, -0.05) is 18.2 Å². The van der Waals surface area contributed by atoms with Crippen LogP contribution in [0.4, 0.5) is 23.7 Å². The summed E-state index contributed by atoms with van der Waals surface area (Å²) in [6.07, 6.45) is -1.17. The molecule has 0 aliphatic carbocycles. The van der Waals surface area contributed by atoms with E-state index >= 15 is 0 Å². The quantitative estimate of drug-likeness (QED) is 0.799. The highest BCUT2D eigenvalue weighted by molar-refractivity contribution is 8.01. The summed E-state index contributed by atoms with van der Waals surface area (Å²) in [6, 6.07) is 6.91. The van der Waals surface area contributed by atoms with Gasteiger partial charge in [0.1, 0.15) is 11.8 Å². The highest BCUT2D eigenvalue weighted by atomic mass is 32.2. The van der Waals surface area contributed by atoms with Gasteiger partial charge in [-0.2, -0.15) is 13.2 Å². The van der Waals surface area contributed by atoms with Crippen LogP contribution in [-0.4, -0.2) is 34.8 Å². The Hall–Kier alpha value is -1.57. The number of fused-ring (bicyclic) bond motifs is 3. The summed E-state index contributed by atoms with van der Waals surface area (Å²) >= 11 is -0.0477. The first kappa shape index (κ1) is 17.3. The third-order valence-electron chi connectivity index (χ3n) is 4.08. The number of nitrogens with one attached hydrogen (secondary N) is 1. The van der Waals surface area contributed by atoms with Crippen LogP contribution in [0.5, 0.6) is 0 Å². The van der Waals surface area contributed by atoms with Crippen LogP contribution < -0.4 is 5.32 Å². The molecule has 0 bridgehead atoms. The van der Waals surface area contributed by atoms with Crippen LogP contribution in [0, 0.1) is 0 Å². The Morgan fingerprint density at radius 1 is 1.33 bits per heavy atom. The third kappa shape index (κ3) is 3.03. The summed E-state index contributed by atoms with van der Waals surface area (Å²) in [5.74, 6) is 0. The fraction of sp³-hybridized carbons (Fsp3) is 0.562. The van der Waals surface area contributed by atoms with Gasteiger partial charge in [0.25, 0.3) is 0 Å². The lowest BCUT2D eigenvalue weighted by atomic mass is 9.97. The monoisotopic (exact) mass is 360 g/mol. The Kier molecular flexibility index (Phi) is 3.94. The first-order chi connectivity index (χ1) is 11.0. The van der Waals surface area contributed by atoms with Gasteiger partial charge in [0.15, 0.2) is 0 Å². The lowest BCUT2D eigenvalue weighted by molar-refractivity contribution is -0.0348. The second-order valence-corrected chi connectivity index (χ2v) is 8.35. The van der Waals surface area contributed by atoms with Gasteiger partial charge in [0.05, 0.1) is 4.75 Å². The molecule has 0 saturated carbocycles. The normalized spacial score (nSPS) is 25.9. The second-order valence-electron chi connectivity index (χ2n) is 6.95. The minimum absolute atomic E-state index is 0.0477. The standard InChI is InChI=1S/C16H19F3N2O2S/c1-14(2,3)23-13(22)21-9-8-15(24-16(17,18)19)10-6-4-5-7-11(10)20-12(15)21/h4-7,12,20H,8-9H2,1-3H3/t12-,15+/m0/s1. The number of likely N-dealkylation sites (tertiary alicyclic amines) is 1. The number of alkyl halides is 3. The van der Waals surface area contributed by atoms with Crippen molar-refractivity contribution in [2.45, 2.75) is 49.2 Å². The van der Waals surface area contributed by atoms with Crippen molar-refractivity contribution in [3.05, 3.63) is 29.8 Å². The van der Waals surface area contributed by atoms with Crippen molar-refractivity contribution in [1.29, 1.82) is 0 Å². The summed E-state index contributed by atoms with van der Waals surface area (Å²) in [5, 5.41) is 3.08. The zero-order valence-electron chi connectivity index (χ0n) is 13.6. The predicted molar refractivity (Wildman–Crippen MR) is 86.7 cm³/mol. The van der Waals surface area contributed by atoms with Gasteiger partial charge in [-0.15, -0.1) is 0 Å². The number of benzene rings is 1. The van der Waals surface area contributed by atoms with Crippen LogP contribution in [0.25, 0.3) is 0 Å². The van der Waals surface area contributed by atoms with Crippen LogP contribution in [0.15, 0.2) is 24.3 Å². The zero-order valence-corrected chi connectivity index (χ0v) is 14.4. The molecule has 2 aliphatic rings. The van der Waals surface area contributed by atoms with Crippen molar-refractivity contribution in [2.24, 2.45) is 0 Å². The van der Waals surface area contributed by atoms with Crippen molar-refractivity contribution in [3.63, 3.8) is 0 Å². The number of thioether (sulfide) groups is 1. The summed E-state index contributed by atoms with van der Waals surface area (Å²) < 4.78 is 43.8. The molecular formula is C16H19F3N2O2S. The molecule has 0 radical (unpaired) electrons. The maximum atomic E-state index is 13.2. The molecule has 1 aromatic carbocycles. The average Bonchev–Trinajstić information content (AvgIpc) is 2.88. The van der Waals surface area contributed by atoms with E-state index in [-0.39, 0.29) is 24.7 Å².